The maximum Gasteiger partial charge on any atom is 0.488 e. The summed E-state index contributed by atoms with van der Waals surface area (Å²) in [5.74, 6) is 0. The van der Waals surface area contributed by atoms with Crippen LogP contribution in [0.4, 0.5) is 0 Å². The van der Waals surface area contributed by atoms with Gasteiger partial charge >= 0.3 is 7.12 Å². The first-order valence-electron chi connectivity index (χ1n) is 4.67. The van der Waals surface area contributed by atoms with E-state index in [0.717, 1.165) is 18.4 Å². The summed E-state index contributed by atoms with van der Waals surface area (Å²) >= 11 is 0. The average molecular weight is 178 g/mol. The Morgan fingerprint density at radius 2 is 1.85 bits per heavy atom. The summed E-state index contributed by atoms with van der Waals surface area (Å²) in [5, 5.41) is 18.2. The zero-order valence-electron chi connectivity index (χ0n) is 8.12. The molecular formula is C10H15BO2. The SMILES string of the molecule is CCc1cccc(B(O)O)c1CC. The molecule has 0 unspecified atom stereocenters. The van der Waals surface area contributed by atoms with Crippen molar-refractivity contribution in [1.29, 1.82) is 0 Å². The number of rotatable bonds is 3. The lowest BCUT2D eigenvalue weighted by atomic mass is 9.75. The molecule has 0 spiro atoms. The first kappa shape index (κ1) is 10.3. The van der Waals surface area contributed by atoms with Crippen molar-refractivity contribution in [1.82, 2.24) is 0 Å². The minimum Gasteiger partial charge on any atom is -0.423 e. The van der Waals surface area contributed by atoms with Crippen LogP contribution in [0.1, 0.15) is 25.0 Å². The van der Waals surface area contributed by atoms with E-state index in [9.17, 15) is 0 Å². The highest BCUT2D eigenvalue weighted by molar-refractivity contribution is 6.59. The molecule has 0 radical (unpaired) electrons. The van der Waals surface area contributed by atoms with Gasteiger partial charge in [-0.05, 0) is 29.4 Å². The Morgan fingerprint density at radius 3 is 2.31 bits per heavy atom. The summed E-state index contributed by atoms with van der Waals surface area (Å²) in [6.07, 6.45) is 1.78. The number of hydrogen-bond donors (Lipinski definition) is 2. The Morgan fingerprint density at radius 1 is 1.15 bits per heavy atom. The van der Waals surface area contributed by atoms with Crippen molar-refractivity contribution < 1.29 is 10.0 Å². The Labute approximate surface area is 79.4 Å². The van der Waals surface area contributed by atoms with E-state index in [0.29, 0.717) is 5.46 Å². The third-order valence-corrected chi connectivity index (χ3v) is 2.32. The van der Waals surface area contributed by atoms with Gasteiger partial charge in [0.2, 0.25) is 0 Å². The zero-order valence-corrected chi connectivity index (χ0v) is 8.12. The van der Waals surface area contributed by atoms with Crippen molar-refractivity contribution >= 4 is 12.6 Å². The molecule has 0 aliphatic heterocycles. The zero-order chi connectivity index (χ0) is 9.84. The average Bonchev–Trinajstić information content (AvgIpc) is 2.16. The molecule has 70 valence electrons. The first-order chi connectivity index (χ1) is 6.20. The number of aryl methyl sites for hydroxylation is 1. The Hall–Kier alpha value is -0.795. The number of hydrogen-bond acceptors (Lipinski definition) is 2. The van der Waals surface area contributed by atoms with Gasteiger partial charge in [0, 0.05) is 0 Å². The maximum absolute atomic E-state index is 9.11. The van der Waals surface area contributed by atoms with Crippen molar-refractivity contribution in [3.05, 3.63) is 29.3 Å². The molecule has 13 heavy (non-hydrogen) atoms. The lowest BCUT2D eigenvalue weighted by molar-refractivity contribution is 0.425. The molecule has 0 atom stereocenters. The topological polar surface area (TPSA) is 40.5 Å². The van der Waals surface area contributed by atoms with Crippen LogP contribution in [0.15, 0.2) is 18.2 Å². The molecule has 0 bridgehead atoms. The van der Waals surface area contributed by atoms with Crippen molar-refractivity contribution in [3.8, 4) is 0 Å². The highest BCUT2D eigenvalue weighted by atomic mass is 16.4. The van der Waals surface area contributed by atoms with Gasteiger partial charge in [0.1, 0.15) is 0 Å². The second-order valence-electron chi connectivity index (χ2n) is 3.07. The third-order valence-electron chi connectivity index (χ3n) is 2.32. The normalized spacial score (nSPS) is 10.2. The molecule has 3 heteroatoms. The smallest absolute Gasteiger partial charge is 0.423 e. The summed E-state index contributed by atoms with van der Waals surface area (Å²) in [5.41, 5.74) is 2.91. The maximum atomic E-state index is 9.11. The van der Waals surface area contributed by atoms with Crippen molar-refractivity contribution in [2.75, 3.05) is 0 Å². The van der Waals surface area contributed by atoms with E-state index in [1.807, 2.05) is 19.1 Å². The first-order valence-corrected chi connectivity index (χ1v) is 4.67. The molecular weight excluding hydrogens is 163 g/mol. The molecule has 1 rings (SSSR count). The van der Waals surface area contributed by atoms with Crippen LogP contribution in [0.25, 0.3) is 0 Å². The van der Waals surface area contributed by atoms with E-state index in [2.05, 4.69) is 6.92 Å². The lowest BCUT2D eigenvalue weighted by Gasteiger charge is -2.11. The molecule has 2 nitrogen and oxygen atoms in total. The van der Waals surface area contributed by atoms with Crippen molar-refractivity contribution in [2.24, 2.45) is 0 Å². The van der Waals surface area contributed by atoms with E-state index in [4.69, 9.17) is 10.0 Å². The lowest BCUT2D eigenvalue weighted by Crippen LogP contribution is -2.33. The van der Waals surface area contributed by atoms with E-state index in [-0.39, 0.29) is 0 Å². The standard InChI is InChI=1S/C10H15BO2/c1-3-8-6-5-7-10(11(12)13)9(8)4-2/h5-7,12-13H,3-4H2,1-2H3. The molecule has 0 heterocycles. The van der Waals surface area contributed by atoms with Gasteiger partial charge in [-0.15, -0.1) is 0 Å². The quantitative estimate of drug-likeness (QED) is 0.661. The van der Waals surface area contributed by atoms with Gasteiger partial charge in [0.05, 0.1) is 0 Å². The summed E-state index contributed by atoms with van der Waals surface area (Å²) < 4.78 is 0. The van der Waals surface area contributed by atoms with Crippen LogP contribution in [0.5, 0.6) is 0 Å². The van der Waals surface area contributed by atoms with Crippen LogP contribution in [-0.4, -0.2) is 17.2 Å². The van der Waals surface area contributed by atoms with Crippen molar-refractivity contribution in [3.63, 3.8) is 0 Å². The van der Waals surface area contributed by atoms with Crippen LogP contribution < -0.4 is 5.46 Å². The molecule has 1 aromatic carbocycles. The van der Waals surface area contributed by atoms with Gasteiger partial charge in [0.15, 0.2) is 0 Å². The van der Waals surface area contributed by atoms with E-state index >= 15 is 0 Å². The Bertz CT molecular complexity index is 284. The minimum atomic E-state index is -1.35. The molecule has 0 saturated carbocycles. The van der Waals surface area contributed by atoms with Crippen LogP contribution in [-0.2, 0) is 12.8 Å². The third kappa shape index (κ3) is 2.11. The highest BCUT2D eigenvalue weighted by Gasteiger charge is 2.16. The van der Waals surface area contributed by atoms with Gasteiger partial charge in [-0.25, -0.2) is 0 Å². The Kier molecular flexibility index (Phi) is 3.52. The van der Waals surface area contributed by atoms with Gasteiger partial charge < -0.3 is 10.0 Å². The minimum absolute atomic E-state index is 0.641. The van der Waals surface area contributed by atoms with E-state index in [1.54, 1.807) is 6.07 Å². The fourth-order valence-corrected chi connectivity index (χ4v) is 1.66. The largest absolute Gasteiger partial charge is 0.488 e. The molecule has 1 aromatic rings. The molecule has 0 aromatic heterocycles. The van der Waals surface area contributed by atoms with Gasteiger partial charge in [-0.1, -0.05) is 32.0 Å². The monoisotopic (exact) mass is 178 g/mol. The van der Waals surface area contributed by atoms with Crippen LogP contribution in [0, 0.1) is 0 Å². The fraction of sp³-hybridized carbons (Fsp3) is 0.400. The summed E-state index contributed by atoms with van der Waals surface area (Å²) in [4.78, 5) is 0. The predicted octanol–water partition coefficient (Wildman–Crippen LogP) is 0.491. The van der Waals surface area contributed by atoms with Crippen molar-refractivity contribution in [2.45, 2.75) is 26.7 Å². The molecule has 0 amide bonds. The summed E-state index contributed by atoms with van der Waals surface area (Å²) in [6.45, 7) is 4.10. The predicted molar refractivity (Wildman–Crippen MR) is 55.0 cm³/mol. The van der Waals surface area contributed by atoms with Gasteiger partial charge in [-0.3, -0.25) is 0 Å². The van der Waals surface area contributed by atoms with Crippen LogP contribution in [0.3, 0.4) is 0 Å². The number of benzene rings is 1. The van der Waals surface area contributed by atoms with Crippen LogP contribution in [0.2, 0.25) is 0 Å². The Balaban J connectivity index is 3.19. The van der Waals surface area contributed by atoms with Gasteiger partial charge in [-0.2, -0.15) is 0 Å². The summed E-state index contributed by atoms with van der Waals surface area (Å²) in [7, 11) is -1.35. The second-order valence-corrected chi connectivity index (χ2v) is 3.07. The van der Waals surface area contributed by atoms with Crippen LogP contribution >= 0.6 is 0 Å². The molecule has 0 fully saturated rings. The van der Waals surface area contributed by atoms with E-state index < -0.39 is 7.12 Å². The molecule has 0 aliphatic rings. The van der Waals surface area contributed by atoms with Gasteiger partial charge in [0.25, 0.3) is 0 Å². The van der Waals surface area contributed by atoms with E-state index in [1.165, 1.54) is 5.56 Å². The fourth-order valence-electron chi connectivity index (χ4n) is 1.66. The molecule has 0 saturated heterocycles. The molecule has 2 N–H and O–H groups in total. The highest BCUT2D eigenvalue weighted by Crippen LogP contribution is 2.08. The molecule has 0 aliphatic carbocycles. The second kappa shape index (κ2) is 4.44. The summed E-state index contributed by atoms with van der Waals surface area (Å²) in [6, 6.07) is 5.67.